The van der Waals surface area contributed by atoms with E-state index in [4.69, 9.17) is 19.4 Å². The molecule has 4 aromatic rings. The summed E-state index contributed by atoms with van der Waals surface area (Å²) in [6.45, 7) is 5.02. The Kier molecular flexibility index (Phi) is 9.95. The minimum Gasteiger partial charge on any atom is -0.453 e. The van der Waals surface area contributed by atoms with E-state index < -0.39 is 23.8 Å². The molecule has 1 saturated carbocycles. The highest BCUT2D eigenvalue weighted by atomic mass is 16.5. The summed E-state index contributed by atoms with van der Waals surface area (Å²) in [7, 11) is 2.59. The molecular formula is C39H46N8O6. The molecule has 3 aliphatic rings. The summed E-state index contributed by atoms with van der Waals surface area (Å²) in [5.74, 6) is 1.14. The Hall–Kier alpha value is -5.66. The first-order valence-corrected chi connectivity index (χ1v) is 18.2. The number of alkyl carbamates (subject to hydrolysis) is 2. The predicted molar refractivity (Wildman–Crippen MR) is 196 cm³/mol. The monoisotopic (exact) mass is 722 g/mol. The number of nitrogens with one attached hydrogen (secondary N) is 4. The summed E-state index contributed by atoms with van der Waals surface area (Å²) >= 11 is 0. The van der Waals surface area contributed by atoms with E-state index in [-0.39, 0.29) is 29.8 Å². The number of carbonyl (C=O) groups is 4. The van der Waals surface area contributed by atoms with Gasteiger partial charge in [0, 0.05) is 36.6 Å². The van der Waals surface area contributed by atoms with E-state index in [9.17, 15) is 19.2 Å². The van der Waals surface area contributed by atoms with Crippen molar-refractivity contribution in [3.8, 4) is 33.6 Å². The number of hydrogen-bond donors (Lipinski definition) is 4. The van der Waals surface area contributed by atoms with Crippen LogP contribution in [0, 0.1) is 5.92 Å². The highest BCUT2D eigenvalue weighted by Crippen LogP contribution is 2.42. The maximum atomic E-state index is 13.5. The quantitative estimate of drug-likeness (QED) is 0.161. The number of nitrogens with zero attached hydrogens (tertiary/aromatic N) is 4. The average molecular weight is 723 g/mol. The lowest BCUT2D eigenvalue weighted by molar-refractivity contribution is -0.136. The maximum Gasteiger partial charge on any atom is 0.407 e. The van der Waals surface area contributed by atoms with Crippen molar-refractivity contribution in [2.45, 2.75) is 76.0 Å². The van der Waals surface area contributed by atoms with E-state index in [0.29, 0.717) is 25.9 Å². The van der Waals surface area contributed by atoms with Gasteiger partial charge in [0.05, 0.1) is 37.7 Å². The zero-order chi connectivity index (χ0) is 37.3. The number of ether oxygens (including phenoxy) is 2. The molecule has 1 aliphatic carbocycles. The Morgan fingerprint density at radius 3 is 1.68 bits per heavy atom. The van der Waals surface area contributed by atoms with E-state index in [1.807, 2.05) is 55.4 Å². The molecule has 2 saturated heterocycles. The number of aromatic nitrogens is 4. The molecule has 14 heteroatoms. The summed E-state index contributed by atoms with van der Waals surface area (Å²) in [5.41, 5.74) is 4.74. The van der Waals surface area contributed by atoms with Gasteiger partial charge in [-0.25, -0.2) is 19.6 Å². The standard InChI is InChI=1S/C39H46N8O6/c1-23(2)32(44-37(50)52-3)35(48)46-19-5-7-30(46)33-40-21-28(42-33)26-13-9-24(10-14-26)25-11-15-27(16-12-25)29-22-41-34(43-29)31-8-6-20-47(31)36(49)39(17-18-39)45-38(51)53-4/h9-16,21-23,30-32H,5-8,17-20H2,1-4H3,(H,40,42)(H,41,43)(H,44,50)(H,45,51)/t30-,31-,32-/m0/s1. The number of amides is 4. The minimum absolute atomic E-state index is 0.0787. The van der Waals surface area contributed by atoms with E-state index in [2.05, 4.69) is 44.9 Å². The second-order valence-electron chi connectivity index (χ2n) is 14.4. The molecule has 0 spiro atoms. The van der Waals surface area contributed by atoms with Crippen molar-refractivity contribution < 1.29 is 28.7 Å². The third-order valence-electron chi connectivity index (χ3n) is 10.6. The molecule has 14 nitrogen and oxygen atoms in total. The number of aromatic amines is 2. The molecule has 3 fully saturated rings. The SMILES string of the molecule is COC(=O)N[C@H](C(=O)N1CCC[C@H]1c1nc(-c2ccc(-c3ccc(-c4c[nH]c([C@@H]5CCCN5C(=O)C5(NC(=O)OC)CC5)n4)cc3)cc2)c[nH]1)C(C)C. The second kappa shape index (κ2) is 14.8. The molecule has 2 aromatic carbocycles. The zero-order valence-corrected chi connectivity index (χ0v) is 30.5. The predicted octanol–water partition coefficient (Wildman–Crippen LogP) is 5.73. The Balaban J connectivity index is 0.997. The summed E-state index contributed by atoms with van der Waals surface area (Å²) in [5, 5.41) is 5.43. The minimum atomic E-state index is -0.872. The molecule has 2 aliphatic heterocycles. The van der Waals surface area contributed by atoms with Gasteiger partial charge in [-0.3, -0.25) is 9.59 Å². The first-order valence-electron chi connectivity index (χ1n) is 18.2. The number of likely N-dealkylation sites (tertiary alicyclic amines) is 2. The van der Waals surface area contributed by atoms with Gasteiger partial charge in [0.25, 0.3) is 0 Å². The zero-order valence-electron chi connectivity index (χ0n) is 30.5. The number of H-pyrrole nitrogens is 2. The number of carbonyl (C=O) groups excluding carboxylic acids is 4. The lowest BCUT2D eigenvalue weighted by Crippen LogP contribution is -2.51. The van der Waals surface area contributed by atoms with Gasteiger partial charge in [-0.2, -0.15) is 0 Å². The lowest BCUT2D eigenvalue weighted by Gasteiger charge is -2.29. The van der Waals surface area contributed by atoms with Gasteiger partial charge in [0.2, 0.25) is 11.8 Å². The summed E-state index contributed by atoms with van der Waals surface area (Å²) < 4.78 is 9.49. The van der Waals surface area contributed by atoms with Crippen molar-refractivity contribution in [3.63, 3.8) is 0 Å². The fourth-order valence-corrected chi connectivity index (χ4v) is 7.50. The van der Waals surface area contributed by atoms with Crippen LogP contribution < -0.4 is 10.6 Å². The third-order valence-corrected chi connectivity index (χ3v) is 10.6. The maximum absolute atomic E-state index is 13.5. The molecule has 0 bridgehead atoms. The van der Waals surface area contributed by atoms with Gasteiger partial charge in [-0.15, -0.1) is 0 Å². The van der Waals surface area contributed by atoms with Gasteiger partial charge in [-0.1, -0.05) is 62.4 Å². The van der Waals surface area contributed by atoms with Gasteiger partial charge in [0.15, 0.2) is 0 Å². The van der Waals surface area contributed by atoms with Crippen LogP contribution in [0.3, 0.4) is 0 Å². The highest BCUT2D eigenvalue weighted by molar-refractivity contribution is 5.93. The summed E-state index contributed by atoms with van der Waals surface area (Å²) in [6, 6.07) is 15.4. The normalized spacial score (nSPS) is 19.6. The molecule has 0 radical (unpaired) electrons. The molecule has 278 valence electrons. The molecule has 4 heterocycles. The fourth-order valence-electron chi connectivity index (χ4n) is 7.50. The van der Waals surface area contributed by atoms with E-state index >= 15 is 0 Å². The molecule has 7 rings (SSSR count). The Morgan fingerprint density at radius 2 is 1.21 bits per heavy atom. The van der Waals surface area contributed by atoms with Crippen molar-refractivity contribution in [3.05, 3.63) is 72.6 Å². The van der Waals surface area contributed by atoms with Crippen LogP contribution in [0.5, 0.6) is 0 Å². The van der Waals surface area contributed by atoms with E-state index in [1.54, 1.807) is 4.90 Å². The van der Waals surface area contributed by atoms with Crippen LogP contribution in [-0.4, -0.2) is 92.6 Å². The Morgan fingerprint density at radius 1 is 0.736 bits per heavy atom. The number of imidazole rings is 2. The molecule has 2 aromatic heterocycles. The van der Waals surface area contributed by atoms with Gasteiger partial charge in [0.1, 0.15) is 23.2 Å². The average Bonchev–Trinajstić information content (AvgIpc) is 3.75. The largest absolute Gasteiger partial charge is 0.453 e. The van der Waals surface area contributed by atoms with Crippen molar-refractivity contribution in [2.75, 3.05) is 27.3 Å². The third kappa shape index (κ3) is 7.22. The van der Waals surface area contributed by atoms with Crippen molar-refractivity contribution in [1.29, 1.82) is 0 Å². The molecule has 3 atom stereocenters. The molecular weight excluding hydrogens is 676 g/mol. The molecule has 0 unspecified atom stereocenters. The van der Waals surface area contributed by atoms with Crippen LogP contribution in [0.1, 0.15) is 76.1 Å². The van der Waals surface area contributed by atoms with Gasteiger partial charge in [-0.05, 0) is 55.6 Å². The van der Waals surface area contributed by atoms with Crippen molar-refractivity contribution >= 4 is 24.0 Å². The molecule has 4 amide bonds. The van der Waals surface area contributed by atoms with Crippen LogP contribution in [0.2, 0.25) is 0 Å². The number of hydrogen-bond acceptors (Lipinski definition) is 8. The van der Waals surface area contributed by atoms with Crippen LogP contribution in [0.25, 0.3) is 33.6 Å². The van der Waals surface area contributed by atoms with Crippen LogP contribution in [0.15, 0.2) is 60.9 Å². The van der Waals surface area contributed by atoms with Crippen LogP contribution in [-0.2, 0) is 19.1 Å². The van der Waals surface area contributed by atoms with Crippen LogP contribution >= 0.6 is 0 Å². The highest BCUT2D eigenvalue weighted by Gasteiger charge is 2.55. The van der Waals surface area contributed by atoms with Crippen molar-refractivity contribution in [2.24, 2.45) is 5.92 Å². The summed E-state index contributed by atoms with van der Waals surface area (Å²) in [4.78, 5) is 70.8. The van der Waals surface area contributed by atoms with E-state index in [0.717, 1.165) is 71.0 Å². The topological polar surface area (TPSA) is 175 Å². The number of methoxy groups -OCH3 is 2. The first kappa shape index (κ1) is 35.7. The first-order chi connectivity index (χ1) is 25.6. The Labute approximate surface area is 308 Å². The molecule has 53 heavy (non-hydrogen) atoms. The van der Waals surface area contributed by atoms with E-state index in [1.165, 1.54) is 14.2 Å². The summed E-state index contributed by atoms with van der Waals surface area (Å²) in [6.07, 6.45) is 7.04. The smallest absolute Gasteiger partial charge is 0.407 e. The number of benzene rings is 2. The van der Waals surface area contributed by atoms with Gasteiger partial charge < -0.3 is 39.9 Å². The fraction of sp³-hybridized carbons (Fsp3) is 0.436. The number of rotatable bonds is 10. The second-order valence-corrected chi connectivity index (χ2v) is 14.4. The lowest BCUT2D eigenvalue weighted by atomic mass is 10.0. The van der Waals surface area contributed by atoms with Crippen molar-refractivity contribution in [1.82, 2.24) is 40.4 Å². The Bertz CT molecular complexity index is 1970. The van der Waals surface area contributed by atoms with Crippen LogP contribution in [0.4, 0.5) is 9.59 Å². The van der Waals surface area contributed by atoms with Gasteiger partial charge >= 0.3 is 12.2 Å². The molecule has 4 N–H and O–H groups in total.